The molecule has 3 rings (SSSR count). The molecule has 21 heavy (non-hydrogen) atoms. The molecule has 1 unspecified atom stereocenters. The fraction of sp³-hybridized carbons (Fsp3) is 0.368. The highest BCUT2D eigenvalue weighted by atomic mass is 16.5. The van der Waals surface area contributed by atoms with Gasteiger partial charge in [-0.3, -0.25) is 0 Å². The Morgan fingerprint density at radius 2 is 1.67 bits per heavy atom. The molecule has 0 radical (unpaired) electrons. The summed E-state index contributed by atoms with van der Waals surface area (Å²) in [6.45, 7) is 6.18. The van der Waals surface area contributed by atoms with E-state index in [2.05, 4.69) is 55.6 Å². The van der Waals surface area contributed by atoms with Crippen molar-refractivity contribution < 1.29 is 4.74 Å². The van der Waals surface area contributed by atoms with E-state index in [0.717, 1.165) is 12.3 Å². The van der Waals surface area contributed by atoms with E-state index < -0.39 is 0 Å². The van der Waals surface area contributed by atoms with Crippen LogP contribution >= 0.6 is 0 Å². The Labute approximate surface area is 127 Å². The van der Waals surface area contributed by atoms with Gasteiger partial charge in [-0.25, -0.2) is 0 Å². The topological polar surface area (TPSA) is 21.3 Å². The molecule has 0 saturated heterocycles. The van der Waals surface area contributed by atoms with Gasteiger partial charge in [0.1, 0.15) is 12.4 Å². The zero-order valence-corrected chi connectivity index (χ0v) is 12.8. The standard InChI is InChI=1S/C19H23NO/c1-19(2)12-18(19)20-13-15-8-10-17(11-9-15)21-14-16-6-4-3-5-7-16/h3-11,18,20H,12-14H2,1-2H3. The molecule has 0 spiro atoms. The van der Waals surface area contributed by atoms with Crippen LogP contribution in [0.15, 0.2) is 54.6 Å². The number of hydrogen-bond donors (Lipinski definition) is 1. The maximum Gasteiger partial charge on any atom is 0.119 e. The van der Waals surface area contributed by atoms with Crippen LogP contribution in [0.2, 0.25) is 0 Å². The summed E-state index contributed by atoms with van der Waals surface area (Å²) in [5.41, 5.74) is 2.99. The second-order valence-corrected chi connectivity index (χ2v) is 6.54. The largest absolute Gasteiger partial charge is 0.489 e. The van der Waals surface area contributed by atoms with Crippen molar-refractivity contribution in [1.82, 2.24) is 5.32 Å². The molecule has 1 N–H and O–H groups in total. The van der Waals surface area contributed by atoms with E-state index in [1.54, 1.807) is 0 Å². The van der Waals surface area contributed by atoms with Crippen LogP contribution in [0.1, 0.15) is 31.4 Å². The van der Waals surface area contributed by atoms with Crippen LogP contribution in [-0.2, 0) is 13.2 Å². The van der Waals surface area contributed by atoms with Gasteiger partial charge in [-0.2, -0.15) is 0 Å². The average molecular weight is 281 g/mol. The van der Waals surface area contributed by atoms with Gasteiger partial charge in [-0.15, -0.1) is 0 Å². The van der Waals surface area contributed by atoms with Crippen LogP contribution in [-0.4, -0.2) is 6.04 Å². The van der Waals surface area contributed by atoms with Gasteiger partial charge in [0.25, 0.3) is 0 Å². The summed E-state index contributed by atoms with van der Waals surface area (Å²) in [6.07, 6.45) is 1.28. The SMILES string of the molecule is CC1(C)CC1NCc1ccc(OCc2ccccc2)cc1. The van der Waals surface area contributed by atoms with E-state index >= 15 is 0 Å². The van der Waals surface area contributed by atoms with Crippen molar-refractivity contribution in [3.63, 3.8) is 0 Å². The van der Waals surface area contributed by atoms with Crippen LogP contribution in [0.4, 0.5) is 0 Å². The second-order valence-electron chi connectivity index (χ2n) is 6.54. The zero-order valence-electron chi connectivity index (χ0n) is 12.8. The van der Waals surface area contributed by atoms with Crippen LogP contribution in [0, 0.1) is 5.41 Å². The van der Waals surface area contributed by atoms with Crippen LogP contribution < -0.4 is 10.1 Å². The van der Waals surface area contributed by atoms with Crippen molar-refractivity contribution in [2.75, 3.05) is 0 Å². The third-order valence-corrected chi connectivity index (χ3v) is 4.24. The first-order valence-electron chi connectivity index (χ1n) is 7.62. The molecule has 0 amide bonds. The fourth-order valence-corrected chi connectivity index (χ4v) is 2.50. The molecule has 1 saturated carbocycles. The zero-order chi connectivity index (χ0) is 14.7. The summed E-state index contributed by atoms with van der Waals surface area (Å²) < 4.78 is 5.80. The minimum atomic E-state index is 0.485. The van der Waals surface area contributed by atoms with Crippen LogP contribution in [0.5, 0.6) is 5.75 Å². The summed E-state index contributed by atoms with van der Waals surface area (Å²) in [5.74, 6) is 0.925. The summed E-state index contributed by atoms with van der Waals surface area (Å²) in [7, 11) is 0. The first kappa shape index (κ1) is 14.2. The molecule has 0 bridgehead atoms. The maximum atomic E-state index is 5.80. The van der Waals surface area contributed by atoms with Crippen LogP contribution in [0.3, 0.4) is 0 Å². The summed E-state index contributed by atoms with van der Waals surface area (Å²) in [6, 6.07) is 19.3. The fourth-order valence-electron chi connectivity index (χ4n) is 2.50. The van der Waals surface area contributed by atoms with E-state index in [9.17, 15) is 0 Å². The predicted molar refractivity (Wildman–Crippen MR) is 86.2 cm³/mol. The Hall–Kier alpha value is -1.80. The molecule has 2 heteroatoms. The normalized spacial score (nSPS) is 19.2. The van der Waals surface area contributed by atoms with Crippen molar-refractivity contribution in [2.24, 2.45) is 5.41 Å². The van der Waals surface area contributed by atoms with Crippen molar-refractivity contribution >= 4 is 0 Å². The number of rotatable bonds is 6. The number of hydrogen-bond acceptors (Lipinski definition) is 2. The van der Waals surface area contributed by atoms with Crippen LogP contribution in [0.25, 0.3) is 0 Å². The first-order valence-corrected chi connectivity index (χ1v) is 7.62. The van der Waals surface area contributed by atoms with E-state index in [1.165, 1.54) is 17.5 Å². The molecule has 0 aromatic heterocycles. The minimum absolute atomic E-state index is 0.485. The Kier molecular flexibility index (Phi) is 3.98. The monoisotopic (exact) mass is 281 g/mol. The highest BCUT2D eigenvalue weighted by molar-refractivity contribution is 5.28. The van der Waals surface area contributed by atoms with Crippen molar-refractivity contribution in [2.45, 2.75) is 39.5 Å². The highest BCUT2D eigenvalue weighted by Gasteiger charge is 2.44. The van der Waals surface area contributed by atoms with Gasteiger partial charge >= 0.3 is 0 Å². The Morgan fingerprint density at radius 1 is 1.00 bits per heavy atom. The van der Waals surface area contributed by atoms with Gasteiger partial charge in [0.2, 0.25) is 0 Å². The quantitative estimate of drug-likeness (QED) is 0.858. The minimum Gasteiger partial charge on any atom is -0.489 e. The van der Waals surface area contributed by atoms with E-state index in [1.807, 2.05) is 18.2 Å². The number of benzene rings is 2. The van der Waals surface area contributed by atoms with Gasteiger partial charge in [-0.1, -0.05) is 56.3 Å². The summed E-state index contributed by atoms with van der Waals surface area (Å²) in [5, 5.41) is 3.60. The molecule has 1 fully saturated rings. The molecular weight excluding hydrogens is 258 g/mol. The van der Waals surface area contributed by atoms with Crippen molar-refractivity contribution in [3.05, 3.63) is 65.7 Å². The molecule has 1 atom stereocenters. The van der Waals surface area contributed by atoms with E-state index in [-0.39, 0.29) is 0 Å². The molecule has 2 aromatic carbocycles. The first-order chi connectivity index (χ1) is 10.1. The maximum absolute atomic E-state index is 5.80. The molecule has 0 heterocycles. The molecule has 110 valence electrons. The third kappa shape index (κ3) is 3.85. The average Bonchev–Trinajstić information content (AvgIpc) is 3.12. The molecule has 2 aromatic rings. The number of nitrogens with one attached hydrogen (secondary N) is 1. The number of ether oxygens (including phenoxy) is 1. The summed E-state index contributed by atoms with van der Waals surface area (Å²) in [4.78, 5) is 0. The van der Waals surface area contributed by atoms with Gasteiger partial charge in [0.05, 0.1) is 0 Å². The highest BCUT2D eigenvalue weighted by Crippen LogP contribution is 2.44. The van der Waals surface area contributed by atoms with Gasteiger partial charge < -0.3 is 10.1 Å². The van der Waals surface area contributed by atoms with Crippen molar-refractivity contribution in [1.29, 1.82) is 0 Å². The van der Waals surface area contributed by atoms with E-state index in [4.69, 9.17) is 4.74 Å². The summed E-state index contributed by atoms with van der Waals surface area (Å²) >= 11 is 0. The smallest absolute Gasteiger partial charge is 0.119 e. The van der Waals surface area contributed by atoms with Crippen molar-refractivity contribution in [3.8, 4) is 5.75 Å². The Balaban J connectivity index is 1.48. The molecule has 1 aliphatic rings. The second kappa shape index (κ2) is 5.90. The lowest BCUT2D eigenvalue weighted by Gasteiger charge is -2.09. The Bertz CT molecular complexity index is 574. The molecule has 1 aliphatic carbocycles. The molecule has 2 nitrogen and oxygen atoms in total. The van der Waals surface area contributed by atoms with E-state index in [0.29, 0.717) is 18.1 Å². The molecule has 0 aliphatic heterocycles. The van der Waals surface area contributed by atoms with Gasteiger partial charge in [0.15, 0.2) is 0 Å². The van der Waals surface area contributed by atoms with Gasteiger partial charge in [-0.05, 0) is 35.1 Å². The Morgan fingerprint density at radius 3 is 2.29 bits per heavy atom. The molecular formula is C19H23NO. The lowest BCUT2D eigenvalue weighted by molar-refractivity contribution is 0.306. The lowest BCUT2D eigenvalue weighted by atomic mass is 10.1. The third-order valence-electron chi connectivity index (χ3n) is 4.24. The van der Waals surface area contributed by atoms with Gasteiger partial charge in [0, 0.05) is 12.6 Å². The predicted octanol–water partition coefficient (Wildman–Crippen LogP) is 4.15. The lowest BCUT2D eigenvalue weighted by Crippen LogP contribution is -2.19.